The Morgan fingerprint density at radius 1 is 1.53 bits per heavy atom. The van der Waals surface area contributed by atoms with Crippen LogP contribution in [0.3, 0.4) is 0 Å². The summed E-state index contributed by atoms with van der Waals surface area (Å²) in [5.41, 5.74) is 5.17. The monoisotopic (exact) mass is 237 g/mol. The van der Waals surface area contributed by atoms with E-state index in [9.17, 15) is 14.7 Å². The Hall–Kier alpha value is -2.04. The van der Waals surface area contributed by atoms with Gasteiger partial charge in [0, 0.05) is 6.07 Å². The number of rotatable bonds is 6. The first-order chi connectivity index (χ1) is 8.10. The molecule has 0 aliphatic rings. The van der Waals surface area contributed by atoms with Crippen molar-refractivity contribution >= 4 is 12.2 Å². The molecule has 1 aromatic carbocycles. The van der Waals surface area contributed by atoms with Gasteiger partial charge < -0.3 is 15.6 Å². The zero-order chi connectivity index (χ0) is 12.8. The fourth-order valence-electron chi connectivity index (χ4n) is 1.33. The molecule has 0 atom stereocenters. The molecule has 5 nitrogen and oxygen atoms in total. The summed E-state index contributed by atoms with van der Waals surface area (Å²) in [5, 5.41) is 9.54. The molecule has 0 spiro atoms. The second-order valence-corrected chi connectivity index (χ2v) is 3.59. The normalized spacial score (nSPS) is 9.94. The Bertz CT molecular complexity index is 429. The first kappa shape index (κ1) is 13.0. The molecule has 0 fully saturated rings. The number of hydrogen-bond donors (Lipinski definition) is 2. The summed E-state index contributed by atoms with van der Waals surface area (Å²) >= 11 is 0. The average Bonchev–Trinajstić information content (AvgIpc) is 2.29. The molecule has 0 unspecified atom stereocenters. The number of phenols is 1. The summed E-state index contributed by atoms with van der Waals surface area (Å²) in [6.07, 6.45) is 2.37. The lowest BCUT2D eigenvalue weighted by Gasteiger charge is -2.10. The van der Waals surface area contributed by atoms with Gasteiger partial charge in [-0.2, -0.15) is 0 Å². The van der Waals surface area contributed by atoms with Gasteiger partial charge in [0.05, 0.1) is 17.7 Å². The van der Waals surface area contributed by atoms with Crippen LogP contribution in [0.4, 0.5) is 0 Å². The maximum Gasteiger partial charge on any atom is 0.252 e. The Kier molecular flexibility index (Phi) is 4.51. The van der Waals surface area contributed by atoms with E-state index in [4.69, 9.17) is 10.5 Å². The molecule has 1 amide bonds. The number of hydrogen-bond acceptors (Lipinski definition) is 4. The standard InChI is InChI=1S/C12H15NO4/c1-2-3-4-17-11-6-10(15)9(12(13)16)5-8(11)7-14/h5-7,15H,2-4H2,1H3,(H2,13,16). The highest BCUT2D eigenvalue weighted by molar-refractivity contribution is 5.98. The lowest BCUT2D eigenvalue weighted by molar-refractivity contribution is 0.0997. The van der Waals surface area contributed by atoms with Crippen LogP contribution in [0.15, 0.2) is 12.1 Å². The summed E-state index contributed by atoms with van der Waals surface area (Å²) in [6.45, 7) is 2.46. The van der Waals surface area contributed by atoms with Crippen molar-refractivity contribution in [3.05, 3.63) is 23.3 Å². The molecule has 0 heterocycles. The predicted molar refractivity (Wildman–Crippen MR) is 62.4 cm³/mol. The van der Waals surface area contributed by atoms with Crippen LogP contribution in [-0.2, 0) is 0 Å². The van der Waals surface area contributed by atoms with Crippen molar-refractivity contribution in [3.8, 4) is 11.5 Å². The second kappa shape index (κ2) is 5.89. The highest BCUT2D eigenvalue weighted by Gasteiger charge is 2.13. The van der Waals surface area contributed by atoms with E-state index >= 15 is 0 Å². The predicted octanol–water partition coefficient (Wildman–Crippen LogP) is 1.48. The number of carbonyl (C=O) groups excluding carboxylic acids is 2. The molecule has 0 aliphatic heterocycles. The highest BCUT2D eigenvalue weighted by Crippen LogP contribution is 2.27. The van der Waals surface area contributed by atoms with Crippen molar-refractivity contribution in [1.29, 1.82) is 0 Å². The minimum absolute atomic E-state index is 0.0880. The first-order valence-electron chi connectivity index (χ1n) is 5.35. The van der Waals surface area contributed by atoms with Gasteiger partial charge in [0.25, 0.3) is 5.91 Å². The highest BCUT2D eigenvalue weighted by atomic mass is 16.5. The third-order valence-corrected chi connectivity index (χ3v) is 2.28. The van der Waals surface area contributed by atoms with Gasteiger partial charge in [0.15, 0.2) is 6.29 Å². The van der Waals surface area contributed by atoms with Gasteiger partial charge in [-0.05, 0) is 12.5 Å². The van der Waals surface area contributed by atoms with Gasteiger partial charge >= 0.3 is 0 Å². The Morgan fingerprint density at radius 3 is 2.76 bits per heavy atom. The Morgan fingerprint density at radius 2 is 2.24 bits per heavy atom. The summed E-state index contributed by atoms with van der Waals surface area (Å²) in [6, 6.07) is 2.46. The largest absolute Gasteiger partial charge is 0.507 e. The molecule has 0 bridgehead atoms. The fourth-order valence-corrected chi connectivity index (χ4v) is 1.33. The van der Waals surface area contributed by atoms with Crippen LogP contribution in [0, 0.1) is 0 Å². The van der Waals surface area contributed by atoms with E-state index in [0.717, 1.165) is 12.8 Å². The van der Waals surface area contributed by atoms with Crippen LogP contribution in [0.2, 0.25) is 0 Å². The van der Waals surface area contributed by atoms with E-state index in [-0.39, 0.29) is 22.6 Å². The zero-order valence-corrected chi connectivity index (χ0v) is 9.60. The Balaban J connectivity index is 3.01. The van der Waals surface area contributed by atoms with Gasteiger partial charge in [-0.25, -0.2) is 0 Å². The van der Waals surface area contributed by atoms with Crippen molar-refractivity contribution in [1.82, 2.24) is 0 Å². The van der Waals surface area contributed by atoms with Gasteiger partial charge in [-0.15, -0.1) is 0 Å². The molecular formula is C12H15NO4. The van der Waals surface area contributed by atoms with Crippen molar-refractivity contribution in [3.63, 3.8) is 0 Å². The van der Waals surface area contributed by atoms with E-state index in [1.54, 1.807) is 0 Å². The van der Waals surface area contributed by atoms with Crippen molar-refractivity contribution in [2.24, 2.45) is 5.73 Å². The number of ether oxygens (including phenoxy) is 1. The number of amides is 1. The average molecular weight is 237 g/mol. The van der Waals surface area contributed by atoms with Crippen LogP contribution in [-0.4, -0.2) is 23.9 Å². The molecule has 0 saturated carbocycles. The number of aldehydes is 1. The van der Waals surface area contributed by atoms with E-state index in [0.29, 0.717) is 12.9 Å². The first-order valence-corrected chi connectivity index (χ1v) is 5.35. The number of unbranched alkanes of at least 4 members (excludes halogenated alkanes) is 1. The minimum atomic E-state index is -0.786. The molecule has 1 aromatic rings. The molecule has 0 saturated heterocycles. The quantitative estimate of drug-likeness (QED) is 0.579. The van der Waals surface area contributed by atoms with E-state index in [1.807, 2.05) is 6.92 Å². The third-order valence-electron chi connectivity index (χ3n) is 2.28. The van der Waals surface area contributed by atoms with Crippen molar-refractivity contribution < 1.29 is 19.4 Å². The maximum atomic E-state index is 11.0. The molecule has 0 radical (unpaired) electrons. The molecule has 1 rings (SSSR count). The van der Waals surface area contributed by atoms with Gasteiger partial charge in [-0.1, -0.05) is 13.3 Å². The van der Waals surface area contributed by atoms with Gasteiger partial charge in [0.2, 0.25) is 0 Å². The van der Waals surface area contributed by atoms with Crippen LogP contribution in [0.25, 0.3) is 0 Å². The SMILES string of the molecule is CCCCOc1cc(O)c(C(N)=O)cc1C=O. The Labute approximate surface area is 99.2 Å². The fraction of sp³-hybridized carbons (Fsp3) is 0.333. The smallest absolute Gasteiger partial charge is 0.252 e. The van der Waals surface area contributed by atoms with Gasteiger partial charge in [-0.3, -0.25) is 9.59 Å². The minimum Gasteiger partial charge on any atom is -0.507 e. The third kappa shape index (κ3) is 3.21. The molecule has 92 valence electrons. The zero-order valence-electron chi connectivity index (χ0n) is 9.60. The van der Waals surface area contributed by atoms with Crippen molar-refractivity contribution in [2.45, 2.75) is 19.8 Å². The number of aromatic hydroxyl groups is 1. The summed E-state index contributed by atoms with van der Waals surface area (Å²) in [4.78, 5) is 21.8. The van der Waals surface area contributed by atoms with Crippen LogP contribution in [0.5, 0.6) is 11.5 Å². The summed E-state index contributed by atoms with van der Waals surface area (Å²) in [5.74, 6) is -0.809. The molecule has 0 aromatic heterocycles. The lowest BCUT2D eigenvalue weighted by Crippen LogP contribution is -2.12. The van der Waals surface area contributed by atoms with E-state index < -0.39 is 5.91 Å². The van der Waals surface area contributed by atoms with Crippen molar-refractivity contribution in [2.75, 3.05) is 6.61 Å². The maximum absolute atomic E-state index is 11.0. The second-order valence-electron chi connectivity index (χ2n) is 3.59. The summed E-state index contributed by atoms with van der Waals surface area (Å²) in [7, 11) is 0. The van der Waals surface area contributed by atoms with E-state index in [2.05, 4.69) is 0 Å². The number of carbonyl (C=O) groups is 2. The van der Waals surface area contributed by atoms with Gasteiger partial charge in [0.1, 0.15) is 11.5 Å². The molecule has 0 aliphatic carbocycles. The summed E-state index contributed by atoms with van der Waals surface area (Å²) < 4.78 is 5.34. The lowest BCUT2D eigenvalue weighted by atomic mass is 10.1. The molecular weight excluding hydrogens is 222 g/mol. The molecule has 17 heavy (non-hydrogen) atoms. The number of benzene rings is 1. The number of nitrogens with two attached hydrogens (primary N) is 1. The molecule has 5 heteroatoms. The van der Waals surface area contributed by atoms with Crippen LogP contribution < -0.4 is 10.5 Å². The number of primary amides is 1. The van der Waals surface area contributed by atoms with E-state index in [1.165, 1.54) is 12.1 Å². The topological polar surface area (TPSA) is 89.6 Å². The van der Waals surface area contributed by atoms with Crippen LogP contribution >= 0.6 is 0 Å². The van der Waals surface area contributed by atoms with Crippen LogP contribution in [0.1, 0.15) is 40.5 Å². The molecule has 3 N–H and O–H groups in total.